The quantitative estimate of drug-likeness (QED) is 0.914. The molecule has 2 heterocycles. The fourth-order valence-electron chi connectivity index (χ4n) is 3.79. The SMILES string of the molecule is C[C@H](NC1CCOC2(CCCCC2)C1)c1ccccn1. The van der Waals surface area contributed by atoms with Gasteiger partial charge in [-0.2, -0.15) is 0 Å². The van der Waals surface area contributed by atoms with E-state index in [1.54, 1.807) is 0 Å². The van der Waals surface area contributed by atoms with Crippen molar-refractivity contribution in [3.05, 3.63) is 30.1 Å². The van der Waals surface area contributed by atoms with E-state index in [-0.39, 0.29) is 5.60 Å². The van der Waals surface area contributed by atoms with Crippen LogP contribution in [0.3, 0.4) is 0 Å². The van der Waals surface area contributed by atoms with Gasteiger partial charge in [-0.3, -0.25) is 4.98 Å². The Balaban J connectivity index is 1.60. The van der Waals surface area contributed by atoms with E-state index in [1.807, 2.05) is 12.3 Å². The van der Waals surface area contributed by atoms with Crippen molar-refractivity contribution in [2.45, 2.75) is 69.6 Å². The Hall–Kier alpha value is -0.930. The van der Waals surface area contributed by atoms with Crippen LogP contribution in [0.5, 0.6) is 0 Å². The number of rotatable bonds is 3. The van der Waals surface area contributed by atoms with Gasteiger partial charge in [-0.25, -0.2) is 0 Å². The Morgan fingerprint density at radius 1 is 1.30 bits per heavy atom. The van der Waals surface area contributed by atoms with E-state index in [1.165, 1.54) is 38.5 Å². The number of nitrogens with one attached hydrogen (secondary N) is 1. The minimum absolute atomic E-state index is 0.179. The first kappa shape index (κ1) is 14.0. The summed E-state index contributed by atoms with van der Waals surface area (Å²) in [5.41, 5.74) is 1.31. The standard InChI is InChI=1S/C17H26N2O/c1-14(16-7-3-6-11-18-16)19-15-8-12-20-17(13-15)9-4-2-5-10-17/h3,6-7,11,14-15,19H,2,4-5,8-10,12-13H2,1H3/t14-,15?/m0/s1. The van der Waals surface area contributed by atoms with Gasteiger partial charge in [-0.1, -0.05) is 25.3 Å². The van der Waals surface area contributed by atoms with Crippen molar-refractivity contribution in [1.82, 2.24) is 10.3 Å². The molecule has 1 saturated heterocycles. The molecule has 3 heteroatoms. The minimum atomic E-state index is 0.179. The van der Waals surface area contributed by atoms with Crippen LogP contribution in [-0.2, 0) is 4.74 Å². The molecule has 1 N–H and O–H groups in total. The van der Waals surface area contributed by atoms with Crippen LogP contribution in [0, 0.1) is 0 Å². The van der Waals surface area contributed by atoms with Crippen LogP contribution < -0.4 is 5.32 Å². The van der Waals surface area contributed by atoms with Crippen LogP contribution >= 0.6 is 0 Å². The van der Waals surface area contributed by atoms with Gasteiger partial charge in [-0.15, -0.1) is 0 Å². The average Bonchev–Trinajstić information content (AvgIpc) is 2.49. The van der Waals surface area contributed by atoms with Crippen molar-refractivity contribution < 1.29 is 4.74 Å². The number of pyridine rings is 1. The number of hydrogen-bond acceptors (Lipinski definition) is 3. The first-order valence-corrected chi connectivity index (χ1v) is 8.08. The van der Waals surface area contributed by atoms with Crippen LogP contribution in [0.15, 0.2) is 24.4 Å². The summed E-state index contributed by atoms with van der Waals surface area (Å²) in [4.78, 5) is 4.45. The van der Waals surface area contributed by atoms with Crippen LogP contribution in [0.2, 0.25) is 0 Å². The zero-order valence-electron chi connectivity index (χ0n) is 12.5. The average molecular weight is 274 g/mol. The second-order valence-electron chi connectivity index (χ2n) is 6.42. The van der Waals surface area contributed by atoms with Gasteiger partial charge in [0.2, 0.25) is 0 Å². The third-order valence-electron chi connectivity index (χ3n) is 4.87. The molecule has 0 bridgehead atoms. The second kappa shape index (κ2) is 6.23. The summed E-state index contributed by atoms with van der Waals surface area (Å²) in [7, 11) is 0. The van der Waals surface area contributed by atoms with Crippen molar-refractivity contribution >= 4 is 0 Å². The predicted molar refractivity (Wildman–Crippen MR) is 80.6 cm³/mol. The molecule has 1 aromatic rings. The number of hydrogen-bond donors (Lipinski definition) is 1. The van der Waals surface area contributed by atoms with Crippen LogP contribution in [0.4, 0.5) is 0 Å². The van der Waals surface area contributed by atoms with Crippen molar-refractivity contribution in [2.24, 2.45) is 0 Å². The Labute approximate surface area is 122 Å². The number of aromatic nitrogens is 1. The Kier molecular flexibility index (Phi) is 4.37. The van der Waals surface area contributed by atoms with E-state index < -0.39 is 0 Å². The smallest absolute Gasteiger partial charge is 0.0697 e. The lowest BCUT2D eigenvalue weighted by Crippen LogP contribution is -2.48. The van der Waals surface area contributed by atoms with Crippen LogP contribution in [0.25, 0.3) is 0 Å². The van der Waals surface area contributed by atoms with Crippen molar-refractivity contribution in [3.63, 3.8) is 0 Å². The summed E-state index contributed by atoms with van der Waals surface area (Å²) >= 11 is 0. The van der Waals surface area contributed by atoms with Gasteiger partial charge in [0.05, 0.1) is 11.3 Å². The molecule has 2 fully saturated rings. The molecular weight excluding hydrogens is 248 g/mol. The van der Waals surface area contributed by atoms with Gasteiger partial charge in [0.25, 0.3) is 0 Å². The second-order valence-corrected chi connectivity index (χ2v) is 6.42. The van der Waals surface area contributed by atoms with Crippen LogP contribution in [0.1, 0.15) is 63.6 Å². The fourth-order valence-corrected chi connectivity index (χ4v) is 3.79. The third-order valence-corrected chi connectivity index (χ3v) is 4.87. The van der Waals surface area contributed by atoms with E-state index in [2.05, 4.69) is 29.4 Å². The highest BCUT2D eigenvalue weighted by molar-refractivity contribution is 5.08. The largest absolute Gasteiger partial charge is 0.375 e. The summed E-state index contributed by atoms with van der Waals surface area (Å²) in [6.07, 6.45) is 10.7. The normalized spacial score (nSPS) is 27.4. The molecule has 1 unspecified atom stereocenters. The monoisotopic (exact) mass is 274 g/mol. The van der Waals surface area contributed by atoms with Crippen molar-refractivity contribution in [2.75, 3.05) is 6.61 Å². The topological polar surface area (TPSA) is 34.1 Å². The number of nitrogens with zero attached hydrogens (tertiary/aromatic N) is 1. The lowest BCUT2D eigenvalue weighted by Gasteiger charge is -2.44. The maximum atomic E-state index is 6.17. The van der Waals surface area contributed by atoms with E-state index in [4.69, 9.17) is 4.74 Å². The van der Waals surface area contributed by atoms with Crippen LogP contribution in [-0.4, -0.2) is 23.2 Å². The van der Waals surface area contributed by atoms with E-state index in [0.717, 1.165) is 18.7 Å². The fraction of sp³-hybridized carbons (Fsp3) is 0.706. The van der Waals surface area contributed by atoms with Gasteiger partial charge in [-0.05, 0) is 44.7 Å². The number of ether oxygens (including phenoxy) is 1. The Morgan fingerprint density at radius 3 is 2.90 bits per heavy atom. The molecule has 1 saturated carbocycles. The van der Waals surface area contributed by atoms with Gasteiger partial charge in [0.1, 0.15) is 0 Å². The van der Waals surface area contributed by atoms with Gasteiger partial charge < -0.3 is 10.1 Å². The zero-order chi connectivity index (χ0) is 13.8. The Bertz CT molecular complexity index is 409. The lowest BCUT2D eigenvalue weighted by atomic mass is 9.78. The molecule has 0 aromatic carbocycles. The Morgan fingerprint density at radius 2 is 2.15 bits per heavy atom. The maximum absolute atomic E-state index is 6.17. The summed E-state index contributed by atoms with van der Waals surface area (Å²) in [5, 5.41) is 3.76. The van der Waals surface area contributed by atoms with Crippen molar-refractivity contribution in [1.29, 1.82) is 0 Å². The lowest BCUT2D eigenvalue weighted by molar-refractivity contribution is -0.110. The van der Waals surface area contributed by atoms with E-state index in [0.29, 0.717) is 12.1 Å². The first-order chi connectivity index (χ1) is 9.77. The van der Waals surface area contributed by atoms with Crippen molar-refractivity contribution in [3.8, 4) is 0 Å². The molecule has 20 heavy (non-hydrogen) atoms. The zero-order valence-corrected chi connectivity index (χ0v) is 12.5. The molecule has 110 valence electrons. The molecular formula is C17H26N2O. The first-order valence-electron chi connectivity index (χ1n) is 8.08. The third kappa shape index (κ3) is 3.21. The molecule has 0 amide bonds. The summed E-state index contributed by atoms with van der Waals surface area (Å²) in [6, 6.07) is 7.03. The summed E-state index contributed by atoms with van der Waals surface area (Å²) < 4.78 is 6.17. The summed E-state index contributed by atoms with van der Waals surface area (Å²) in [5.74, 6) is 0. The molecule has 1 aliphatic heterocycles. The van der Waals surface area contributed by atoms with E-state index >= 15 is 0 Å². The predicted octanol–water partition coefficient (Wildman–Crippen LogP) is 3.61. The molecule has 1 aliphatic carbocycles. The molecule has 2 aliphatic rings. The highest BCUT2D eigenvalue weighted by atomic mass is 16.5. The minimum Gasteiger partial charge on any atom is -0.375 e. The van der Waals surface area contributed by atoms with Gasteiger partial charge in [0.15, 0.2) is 0 Å². The highest BCUT2D eigenvalue weighted by Crippen LogP contribution is 2.38. The molecule has 3 nitrogen and oxygen atoms in total. The molecule has 3 rings (SSSR count). The molecule has 1 aromatic heterocycles. The molecule has 2 atom stereocenters. The molecule has 0 radical (unpaired) electrons. The van der Waals surface area contributed by atoms with E-state index in [9.17, 15) is 0 Å². The highest BCUT2D eigenvalue weighted by Gasteiger charge is 2.38. The van der Waals surface area contributed by atoms with Gasteiger partial charge in [0, 0.05) is 24.9 Å². The maximum Gasteiger partial charge on any atom is 0.0697 e. The van der Waals surface area contributed by atoms with Gasteiger partial charge >= 0.3 is 0 Å². The summed E-state index contributed by atoms with van der Waals surface area (Å²) in [6.45, 7) is 3.12. The molecule has 1 spiro atoms.